The molecule has 0 spiro atoms. The van der Waals surface area contributed by atoms with Crippen LogP contribution in [0.1, 0.15) is 53.6 Å². The Balaban J connectivity index is 1.51. The molecule has 4 rings (SSSR count). The molecular weight excluding hydrogens is 300 g/mol. The van der Waals surface area contributed by atoms with Crippen LogP contribution in [0.15, 0.2) is 9.90 Å². The van der Waals surface area contributed by atoms with Crippen LogP contribution in [0, 0.1) is 6.92 Å². The minimum absolute atomic E-state index is 0.122. The van der Waals surface area contributed by atoms with Crippen molar-refractivity contribution < 1.29 is 9.26 Å². The van der Waals surface area contributed by atoms with Gasteiger partial charge in [0.25, 0.3) is 0 Å². The van der Waals surface area contributed by atoms with Crippen LogP contribution < -0.4 is 0 Å². The van der Waals surface area contributed by atoms with E-state index in [4.69, 9.17) is 14.2 Å². The highest BCUT2D eigenvalue weighted by molar-refractivity contribution is 7.09. The molecule has 2 aromatic heterocycles. The van der Waals surface area contributed by atoms with Crippen LogP contribution in [0.3, 0.4) is 0 Å². The Morgan fingerprint density at radius 1 is 1.41 bits per heavy atom. The molecule has 2 fully saturated rings. The monoisotopic (exact) mass is 320 g/mol. The summed E-state index contributed by atoms with van der Waals surface area (Å²) in [7, 11) is 1.76. The number of nitrogens with zero attached hydrogens (tertiary/aromatic N) is 4. The highest BCUT2D eigenvalue weighted by Crippen LogP contribution is 2.42. The molecule has 2 atom stereocenters. The first-order valence-corrected chi connectivity index (χ1v) is 8.62. The molecule has 0 aromatic carbocycles. The first-order chi connectivity index (χ1) is 10.7. The van der Waals surface area contributed by atoms with E-state index in [1.807, 2.05) is 6.92 Å². The molecule has 0 bridgehead atoms. The van der Waals surface area contributed by atoms with E-state index in [1.54, 1.807) is 18.4 Å². The summed E-state index contributed by atoms with van der Waals surface area (Å²) in [4.78, 5) is 11.5. The molecule has 0 radical (unpaired) electrons. The number of hydrogen-bond acceptors (Lipinski definition) is 7. The summed E-state index contributed by atoms with van der Waals surface area (Å²) in [5.41, 5.74) is 1.14. The maximum Gasteiger partial charge on any atom is 0.244 e. The van der Waals surface area contributed by atoms with E-state index in [0.29, 0.717) is 11.7 Å². The van der Waals surface area contributed by atoms with Crippen molar-refractivity contribution in [2.45, 2.75) is 50.8 Å². The standard InChI is InChI=1S/C15H20N4O2S/c1-9-16-14(21-18-9)13-5-12(20-2)7-19(13)6-11-8-22-15(17-11)10-3-4-10/h8,10,12-13H,3-7H2,1-2H3/t12-,13-/m1/s1. The highest BCUT2D eigenvalue weighted by atomic mass is 32.1. The number of thiazole rings is 1. The van der Waals surface area contributed by atoms with Crippen LogP contribution in [-0.4, -0.2) is 39.8 Å². The molecular formula is C15H20N4O2S. The number of aromatic nitrogens is 3. The molecule has 1 aliphatic carbocycles. The number of likely N-dealkylation sites (tertiary alicyclic amines) is 1. The van der Waals surface area contributed by atoms with Crippen LogP contribution >= 0.6 is 11.3 Å². The van der Waals surface area contributed by atoms with Gasteiger partial charge in [0.2, 0.25) is 5.89 Å². The summed E-state index contributed by atoms with van der Waals surface area (Å²) in [6.45, 7) is 3.54. The molecule has 1 saturated carbocycles. The van der Waals surface area contributed by atoms with Gasteiger partial charge < -0.3 is 9.26 Å². The van der Waals surface area contributed by atoms with Crippen molar-refractivity contribution in [1.29, 1.82) is 0 Å². The van der Waals surface area contributed by atoms with Crippen molar-refractivity contribution in [3.05, 3.63) is 27.8 Å². The lowest BCUT2D eigenvalue weighted by molar-refractivity contribution is 0.107. The topological polar surface area (TPSA) is 64.3 Å². The van der Waals surface area contributed by atoms with Crippen molar-refractivity contribution in [2.75, 3.05) is 13.7 Å². The summed E-state index contributed by atoms with van der Waals surface area (Å²) in [6, 6.07) is 0.122. The molecule has 0 unspecified atom stereocenters. The Morgan fingerprint density at radius 3 is 2.95 bits per heavy atom. The van der Waals surface area contributed by atoms with Crippen LogP contribution in [-0.2, 0) is 11.3 Å². The van der Waals surface area contributed by atoms with Crippen LogP contribution in [0.2, 0.25) is 0 Å². The summed E-state index contributed by atoms with van der Waals surface area (Å²) in [5.74, 6) is 2.09. The largest absolute Gasteiger partial charge is 0.380 e. The lowest BCUT2D eigenvalue weighted by Crippen LogP contribution is -2.25. The van der Waals surface area contributed by atoms with E-state index in [-0.39, 0.29) is 12.1 Å². The minimum Gasteiger partial charge on any atom is -0.380 e. The van der Waals surface area contributed by atoms with Crippen molar-refractivity contribution in [2.24, 2.45) is 0 Å². The van der Waals surface area contributed by atoms with Crippen LogP contribution in [0.25, 0.3) is 0 Å². The predicted molar refractivity (Wildman–Crippen MR) is 81.7 cm³/mol. The molecule has 7 heteroatoms. The van der Waals surface area contributed by atoms with Gasteiger partial charge in [0.05, 0.1) is 22.8 Å². The normalized spacial score (nSPS) is 25.9. The van der Waals surface area contributed by atoms with E-state index in [9.17, 15) is 0 Å². The second-order valence-electron chi connectivity index (χ2n) is 6.17. The van der Waals surface area contributed by atoms with Gasteiger partial charge in [0.15, 0.2) is 5.82 Å². The lowest BCUT2D eigenvalue weighted by Gasteiger charge is -2.19. The minimum atomic E-state index is 0.122. The van der Waals surface area contributed by atoms with Gasteiger partial charge >= 0.3 is 0 Å². The van der Waals surface area contributed by atoms with Gasteiger partial charge in [-0.25, -0.2) is 4.98 Å². The fourth-order valence-corrected chi connectivity index (χ4v) is 4.02. The zero-order valence-corrected chi connectivity index (χ0v) is 13.7. The van der Waals surface area contributed by atoms with Crippen LogP contribution in [0.4, 0.5) is 0 Å². The van der Waals surface area contributed by atoms with Gasteiger partial charge in [-0.05, 0) is 26.2 Å². The molecule has 118 valence electrons. The van der Waals surface area contributed by atoms with Crippen molar-refractivity contribution >= 4 is 11.3 Å². The van der Waals surface area contributed by atoms with Gasteiger partial charge in [0, 0.05) is 31.5 Å². The van der Waals surface area contributed by atoms with E-state index < -0.39 is 0 Å². The Labute approximate surface area is 133 Å². The molecule has 2 aromatic rings. The van der Waals surface area contributed by atoms with E-state index in [2.05, 4.69) is 20.4 Å². The summed E-state index contributed by atoms with van der Waals surface area (Å²) < 4.78 is 10.9. The number of rotatable bonds is 5. The van der Waals surface area contributed by atoms with E-state index >= 15 is 0 Å². The second kappa shape index (κ2) is 5.72. The summed E-state index contributed by atoms with van der Waals surface area (Å²) in [6.07, 6.45) is 3.69. The molecule has 6 nitrogen and oxygen atoms in total. The van der Waals surface area contributed by atoms with Gasteiger partial charge in [-0.2, -0.15) is 4.98 Å². The van der Waals surface area contributed by atoms with E-state index in [1.165, 1.54) is 17.8 Å². The summed E-state index contributed by atoms with van der Waals surface area (Å²) in [5, 5.41) is 7.40. The van der Waals surface area contributed by atoms with Gasteiger partial charge in [-0.1, -0.05) is 5.16 Å². The molecule has 1 saturated heterocycles. The third kappa shape index (κ3) is 2.80. The average Bonchev–Trinajstić information content (AvgIpc) is 2.94. The zero-order valence-electron chi connectivity index (χ0n) is 12.9. The molecule has 22 heavy (non-hydrogen) atoms. The third-order valence-corrected chi connectivity index (χ3v) is 5.44. The Morgan fingerprint density at radius 2 is 2.27 bits per heavy atom. The average molecular weight is 320 g/mol. The molecule has 3 heterocycles. The molecule has 0 amide bonds. The number of ether oxygens (including phenoxy) is 1. The van der Waals surface area contributed by atoms with Crippen LogP contribution in [0.5, 0.6) is 0 Å². The molecule has 2 aliphatic rings. The van der Waals surface area contributed by atoms with Gasteiger partial charge in [-0.3, -0.25) is 4.90 Å². The Kier molecular flexibility index (Phi) is 3.71. The van der Waals surface area contributed by atoms with Crippen molar-refractivity contribution in [3.8, 4) is 0 Å². The maximum absolute atomic E-state index is 5.54. The highest BCUT2D eigenvalue weighted by Gasteiger charge is 2.37. The Bertz CT molecular complexity index is 652. The quantitative estimate of drug-likeness (QED) is 0.844. The lowest BCUT2D eigenvalue weighted by atomic mass is 10.2. The number of aryl methyl sites for hydroxylation is 1. The first-order valence-electron chi connectivity index (χ1n) is 7.74. The van der Waals surface area contributed by atoms with Gasteiger partial charge in [-0.15, -0.1) is 11.3 Å². The maximum atomic E-state index is 5.54. The number of methoxy groups -OCH3 is 1. The third-order valence-electron chi connectivity index (χ3n) is 4.39. The van der Waals surface area contributed by atoms with Crippen molar-refractivity contribution in [1.82, 2.24) is 20.0 Å². The molecule has 0 N–H and O–H groups in total. The smallest absolute Gasteiger partial charge is 0.244 e. The second-order valence-corrected chi connectivity index (χ2v) is 7.06. The predicted octanol–water partition coefficient (Wildman–Crippen LogP) is 2.67. The molecule has 1 aliphatic heterocycles. The number of hydrogen-bond donors (Lipinski definition) is 0. The van der Waals surface area contributed by atoms with E-state index in [0.717, 1.165) is 31.1 Å². The SMILES string of the molecule is CO[C@@H]1C[C@H](c2nc(C)no2)N(Cc2csc(C3CC3)n2)C1. The summed E-state index contributed by atoms with van der Waals surface area (Å²) >= 11 is 1.79. The fourth-order valence-electron chi connectivity index (χ4n) is 3.03. The Hall–Kier alpha value is -1.31. The zero-order chi connectivity index (χ0) is 15.1. The van der Waals surface area contributed by atoms with Gasteiger partial charge in [0.1, 0.15) is 0 Å². The fraction of sp³-hybridized carbons (Fsp3) is 0.667. The van der Waals surface area contributed by atoms with Crippen molar-refractivity contribution in [3.63, 3.8) is 0 Å². The first kappa shape index (κ1) is 14.3.